The Hall–Kier alpha value is -3.04. The lowest BCUT2D eigenvalue weighted by Crippen LogP contribution is -2.28. The van der Waals surface area contributed by atoms with Crippen LogP contribution in [0.15, 0.2) is 53.7 Å². The van der Waals surface area contributed by atoms with Gasteiger partial charge in [-0.3, -0.25) is 9.36 Å². The van der Waals surface area contributed by atoms with E-state index in [4.69, 9.17) is 14.2 Å². The molecule has 0 bridgehead atoms. The quantitative estimate of drug-likeness (QED) is 0.360. The lowest BCUT2D eigenvalue weighted by atomic mass is 10.2. The van der Waals surface area contributed by atoms with Crippen molar-refractivity contribution in [1.29, 1.82) is 0 Å². The summed E-state index contributed by atoms with van der Waals surface area (Å²) in [7, 11) is 3.22. The molecule has 3 aromatic rings. The van der Waals surface area contributed by atoms with Gasteiger partial charge in [-0.05, 0) is 43.3 Å². The molecule has 164 valence electrons. The van der Waals surface area contributed by atoms with Crippen molar-refractivity contribution in [3.63, 3.8) is 0 Å². The summed E-state index contributed by atoms with van der Waals surface area (Å²) < 4.78 is 17.8. The molecule has 0 spiro atoms. The minimum Gasteiger partial charge on any atom is -0.497 e. The molecule has 1 aromatic heterocycles. The van der Waals surface area contributed by atoms with Gasteiger partial charge in [0.2, 0.25) is 5.91 Å². The third-order valence-corrected chi connectivity index (χ3v) is 5.26. The number of hydrogen-bond donors (Lipinski definition) is 1. The number of rotatable bonds is 11. The maximum Gasteiger partial charge on any atom is 0.230 e. The van der Waals surface area contributed by atoms with E-state index in [1.54, 1.807) is 14.2 Å². The molecule has 1 N–H and O–H groups in total. The lowest BCUT2D eigenvalue weighted by molar-refractivity contribution is -0.118. The smallest absolute Gasteiger partial charge is 0.230 e. The van der Waals surface area contributed by atoms with Crippen LogP contribution in [-0.2, 0) is 9.53 Å². The van der Waals surface area contributed by atoms with Gasteiger partial charge in [0, 0.05) is 24.9 Å². The summed E-state index contributed by atoms with van der Waals surface area (Å²) in [5, 5.41) is 12.2. The van der Waals surface area contributed by atoms with Crippen molar-refractivity contribution in [2.45, 2.75) is 12.1 Å². The number of aromatic nitrogens is 3. The minimum atomic E-state index is -0.0915. The number of methoxy groups -OCH3 is 2. The molecule has 9 heteroatoms. The van der Waals surface area contributed by atoms with Gasteiger partial charge < -0.3 is 19.5 Å². The first-order valence-corrected chi connectivity index (χ1v) is 10.9. The molecule has 0 aliphatic carbocycles. The maximum absolute atomic E-state index is 12.1. The summed E-state index contributed by atoms with van der Waals surface area (Å²) in [4.78, 5) is 12.1. The van der Waals surface area contributed by atoms with E-state index in [9.17, 15) is 4.79 Å². The van der Waals surface area contributed by atoms with E-state index < -0.39 is 0 Å². The number of benzene rings is 2. The zero-order valence-electron chi connectivity index (χ0n) is 17.8. The Morgan fingerprint density at radius 3 is 2.61 bits per heavy atom. The summed E-state index contributed by atoms with van der Waals surface area (Å²) in [5.41, 5.74) is 1.73. The molecule has 0 unspecified atom stereocenters. The zero-order valence-corrected chi connectivity index (χ0v) is 18.6. The Morgan fingerprint density at radius 1 is 1.10 bits per heavy atom. The minimum absolute atomic E-state index is 0.0915. The van der Waals surface area contributed by atoms with Gasteiger partial charge in [-0.25, -0.2) is 0 Å². The normalized spacial score (nSPS) is 10.7. The fourth-order valence-electron chi connectivity index (χ4n) is 2.88. The molecule has 1 amide bonds. The SMILES string of the molecule is CCOc1ccc(-n2c(SCC(=O)NCCOC)nnc2-c2cccc(OC)c2)cc1. The van der Waals surface area contributed by atoms with Crippen LogP contribution in [0.2, 0.25) is 0 Å². The molecule has 0 aliphatic rings. The van der Waals surface area contributed by atoms with Crippen molar-refractivity contribution in [3.8, 4) is 28.6 Å². The van der Waals surface area contributed by atoms with E-state index >= 15 is 0 Å². The number of carbonyl (C=O) groups excluding carboxylic acids is 1. The highest BCUT2D eigenvalue weighted by Crippen LogP contribution is 2.30. The first-order valence-electron chi connectivity index (χ1n) is 9.87. The van der Waals surface area contributed by atoms with E-state index in [0.717, 1.165) is 22.7 Å². The van der Waals surface area contributed by atoms with Gasteiger partial charge in [0.15, 0.2) is 11.0 Å². The molecule has 0 saturated heterocycles. The molecule has 0 saturated carbocycles. The summed E-state index contributed by atoms with van der Waals surface area (Å²) in [5.74, 6) is 2.30. The lowest BCUT2D eigenvalue weighted by Gasteiger charge is -2.12. The van der Waals surface area contributed by atoms with Gasteiger partial charge in [-0.1, -0.05) is 23.9 Å². The molecule has 31 heavy (non-hydrogen) atoms. The average molecular weight is 443 g/mol. The number of carbonyl (C=O) groups is 1. The van der Waals surface area contributed by atoms with Crippen LogP contribution >= 0.6 is 11.8 Å². The van der Waals surface area contributed by atoms with Crippen molar-refractivity contribution >= 4 is 17.7 Å². The van der Waals surface area contributed by atoms with Crippen molar-refractivity contribution in [2.24, 2.45) is 0 Å². The third kappa shape index (κ3) is 5.99. The summed E-state index contributed by atoms with van der Waals surface area (Å²) in [6, 6.07) is 15.3. The summed E-state index contributed by atoms with van der Waals surface area (Å²) >= 11 is 1.32. The third-order valence-electron chi connectivity index (χ3n) is 4.33. The van der Waals surface area contributed by atoms with E-state index in [1.165, 1.54) is 11.8 Å². The number of nitrogens with one attached hydrogen (secondary N) is 1. The van der Waals surface area contributed by atoms with Crippen LogP contribution in [0.5, 0.6) is 11.5 Å². The Kier molecular flexibility index (Phi) is 8.31. The fourth-order valence-corrected chi connectivity index (χ4v) is 3.66. The molecule has 1 heterocycles. The van der Waals surface area contributed by atoms with Gasteiger partial charge in [-0.2, -0.15) is 0 Å². The number of ether oxygens (including phenoxy) is 3. The van der Waals surface area contributed by atoms with E-state index in [1.807, 2.05) is 60.0 Å². The number of nitrogens with zero attached hydrogens (tertiary/aromatic N) is 3. The zero-order chi connectivity index (χ0) is 22.1. The maximum atomic E-state index is 12.1. The second kappa shape index (κ2) is 11.4. The van der Waals surface area contributed by atoms with Crippen molar-refractivity contribution in [1.82, 2.24) is 20.1 Å². The monoisotopic (exact) mass is 442 g/mol. The van der Waals surface area contributed by atoms with Gasteiger partial charge >= 0.3 is 0 Å². The van der Waals surface area contributed by atoms with Crippen LogP contribution in [0, 0.1) is 0 Å². The van der Waals surface area contributed by atoms with Crippen LogP contribution in [-0.4, -0.2) is 60.4 Å². The van der Waals surface area contributed by atoms with Crippen molar-refractivity contribution in [2.75, 3.05) is 39.7 Å². The Balaban J connectivity index is 1.91. The standard InChI is InChI=1S/C22H26N4O4S/c1-4-30-18-10-8-17(9-11-18)26-21(16-6-5-7-19(14-16)29-3)24-25-22(26)31-15-20(27)23-12-13-28-2/h5-11,14H,4,12-13,15H2,1-3H3,(H,23,27). The second-order valence-corrected chi connectivity index (χ2v) is 7.37. The summed E-state index contributed by atoms with van der Waals surface area (Å²) in [6.45, 7) is 3.48. The number of thioether (sulfide) groups is 1. The van der Waals surface area contributed by atoms with E-state index in [-0.39, 0.29) is 11.7 Å². The Labute approximate surface area is 185 Å². The highest BCUT2D eigenvalue weighted by molar-refractivity contribution is 7.99. The van der Waals surface area contributed by atoms with Crippen LogP contribution in [0.25, 0.3) is 17.1 Å². The van der Waals surface area contributed by atoms with Crippen LogP contribution in [0.4, 0.5) is 0 Å². The fraction of sp³-hybridized carbons (Fsp3) is 0.318. The predicted octanol–water partition coefficient (Wildman–Crippen LogP) is 3.20. The van der Waals surface area contributed by atoms with Gasteiger partial charge in [0.1, 0.15) is 11.5 Å². The average Bonchev–Trinajstić information content (AvgIpc) is 3.22. The van der Waals surface area contributed by atoms with Crippen LogP contribution in [0.3, 0.4) is 0 Å². The Morgan fingerprint density at radius 2 is 1.90 bits per heavy atom. The molecule has 0 atom stereocenters. The van der Waals surface area contributed by atoms with Gasteiger partial charge in [-0.15, -0.1) is 10.2 Å². The molecule has 2 aromatic carbocycles. The van der Waals surface area contributed by atoms with Gasteiger partial charge in [0.25, 0.3) is 0 Å². The number of hydrogen-bond acceptors (Lipinski definition) is 7. The molecule has 8 nitrogen and oxygen atoms in total. The van der Waals surface area contributed by atoms with Crippen molar-refractivity contribution in [3.05, 3.63) is 48.5 Å². The Bertz CT molecular complexity index is 991. The topological polar surface area (TPSA) is 87.5 Å². The highest BCUT2D eigenvalue weighted by atomic mass is 32.2. The first-order chi connectivity index (χ1) is 15.2. The molecule has 0 fully saturated rings. The number of amides is 1. The van der Waals surface area contributed by atoms with Crippen LogP contribution in [0.1, 0.15) is 6.92 Å². The summed E-state index contributed by atoms with van der Waals surface area (Å²) in [6.07, 6.45) is 0. The largest absolute Gasteiger partial charge is 0.497 e. The van der Waals surface area contributed by atoms with Crippen molar-refractivity contribution < 1.29 is 19.0 Å². The molecular formula is C22H26N4O4S. The highest BCUT2D eigenvalue weighted by Gasteiger charge is 2.18. The molecular weight excluding hydrogens is 416 g/mol. The van der Waals surface area contributed by atoms with E-state index in [2.05, 4.69) is 15.5 Å². The molecule has 3 rings (SSSR count). The first kappa shape index (κ1) is 22.6. The van der Waals surface area contributed by atoms with Gasteiger partial charge in [0.05, 0.1) is 26.1 Å². The molecule has 0 radical (unpaired) electrons. The second-order valence-electron chi connectivity index (χ2n) is 6.43. The molecule has 0 aliphatic heterocycles. The van der Waals surface area contributed by atoms with Crippen LogP contribution < -0.4 is 14.8 Å². The predicted molar refractivity (Wildman–Crippen MR) is 120 cm³/mol. The van der Waals surface area contributed by atoms with E-state index in [0.29, 0.717) is 30.7 Å².